The molecule has 1 heterocycles. The van der Waals surface area contributed by atoms with Crippen molar-refractivity contribution in [1.82, 2.24) is 0 Å². The summed E-state index contributed by atoms with van der Waals surface area (Å²) in [4.78, 5) is 10.6. The van der Waals surface area contributed by atoms with Gasteiger partial charge in [-0.05, 0) is 23.3 Å². The number of carbonyl (C=O) groups is 1. The number of carboxylic acids is 1. The van der Waals surface area contributed by atoms with E-state index in [1.165, 1.54) is 0 Å². The molecule has 0 unspecified atom stereocenters. The summed E-state index contributed by atoms with van der Waals surface area (Å²) in [5, 5.41) is 8.71. The van der Waals surface area contributed by atoms with Crippen molar-refractivity contribution in [3.05, 3.63) is 47.8 Å². The lowest BCUT2D eigenvalue weighted by molar-refractivity contribution is -0.696. The first-order chi connectivity index (χ1) is 12.1. The lowest BCUT2D eigenvalue weighted by Crippen LogP contribution is -3.00. The Balaban J connectivity index is 0.00000338. The molecule has 0 aliphatic carbocycles. The Kier molecular flexibility index (Phi) is 8.45. The molecule has 1 aromatic carbocycles. The molecule has 0 aliphatic heterocycles. The van der Waals surface area contributed by atoms with Crippen molar-refractivity contribution in [1.29, 1.82) is 0 Å². The molecule has 2 rings (SSSR count). The zero-order valence-electron chi connectivity index (χ0n) is 14.9. The number of rotatable bonds is 8. The number of nitrogens with zero attached hydrogens (tertiary/aromatic N) is 1. The van der Waals surface area contributed by atoms with Gasteiger partial charge < -0.3 is 31.7 Å². The summed E-state index contributed by atoms with van der Waals surface area (Å²) in [5.74, 6) is 0.947. The van der Waals surface area contributed by atoms with Crippen molar-refractivity contribution < 1.29 is 41.1 Å². The number of aliphatic carboxylic acids is 1. The lowest BCUT2D eigenvalue weighted by Gasteiger charge is -2.12. The van der Waals surface area contributed by atoms with E-state index in [1.807, 2.05) is 53.4 Å². The van der Waals surface area contributed by atoms with Crippen LogP contribution in [0.15, 0.2) is 36.7 Å². The van der Waals surface area contributed by atoms with Gasteiger partial charge >= 0.3 is 5.97 Å². The van der Waals surface area contributed by atoms with Gasteiger partial charge in [-0.1, -0.05) is 12.2 Å². The van der Waals surface area contributed by atoms with E-state index >= 15 is 0 Å². The number of pyridine rings is 1. The Hall–Kier alpha value is -2.73. The second-order valence-corrected chi connectivity index (χ2v) is 5.31. The normalized spacial score (nSPS) is 10.3. The van der Waals surface area contributed by atoms with Crippen molar-refractivity contribution in [2.45, 2.75) is 13.0 Å². The van der Waals surface area contributed by atoms with Gasteiger partial charge in [-0.25, -0.2) is 4.57 Å². The first-order valence-electron chi connectivity index (χ1n) is 7.76. The van der Waals surface area contributed by atoms with Crippen molar-refractivity contribution in [2.75, 3.05) is 21.3 Å². The van der Waals surface area contributed by atoms with Crippen LogP contribution in [-0.2, 0) is 11.3 Å². The van der Waals surface area contributed by atoms with Crippen LogP contribution in [0, 0.1) is 0 Å². The first kappa shape index (κ1) is 21.3. The third-order valence-electron chi connectivity index (χ3n) is 3.66. The van der Waals surface area contributed by atoms with Gasteiger partial charge in [0.1, 0.15) is 6.42 Å². The van der Waals surface area contributed by atoms with Gasteiger partial charge in [0.25, 0.3) is 0 Å². The quantitative estimate of drug-likeness (QED) is 0.635. The molecule has 1 aromatic heterocycles. The maximum Gasteiger partial charge on any atom is 0.309 e. The average Bonchev–Trinajstić information content (AvgIpc) is 2.64. The molecule has 6 nitrogen and oxygen atoms in total. The third-order valence-corrected chi connectivity index (χ3v) is 3.66. The van der Waals surface area contributed by atoms with Gasteiger partial charge in [0.2, 0.25) is 5.75 Å². The smallest absolute Gasteiger partial charge is 0.309 e. The zero-order chi connectivity index (χ0) is 18.2. The molecule has 0 spiro atoms. The Labute approximate surface area is 159 Å². The number of carboxylic acid groups (broad SMARTS) is 1. The van der Waals surface area contributed by atoms with Gasteiger partial charge in [-0.3, -0.25) is 4.79 Å². The molecule has 0 fully saturated rings. The number of hydrogen-bond acceptors (Lipinski definition) is 4. The molecule has 0 amide bonds. The number of hydrogen-bond donors (Lipinski definition) is 1. The predicted octanol–water partition coefficient (Wildman–Crippen LogP) is -0.351. The molecule has 140 valence electrons. The largest absolute Gasteiger partial charge is 1.00 e. The first-order valence-corrected chi connectivity index (χ1v) is 7.76. The Morgan fingerprint density at radius 2 is 1.54 bits per heavy atom. The molecule has 26 heavy (non-hydrogen) atoms. The Bertz CT molecular complexity index is 734. The molecule has 0 aliphatic rings. The summed E-state index contributed by atoms with van der Waals surface area (Å²) in [6, 6.07) is 7.59. The minimum atomic E-state index is -0.807. The van der Waals surface area contributed by atoms with E-state index in [-0.39, 0.29) is 18.8 Å². The van der Waals surface area contributed by atoms with E-state index in [1.54, 1.807) is 21.3 Å². The van der Waals surface area contributed by atoms with Gasteiger partial charge in [0, 0.05) is 12.1 Å². The molecule has 2 aromatic rings. The number of aryl methyl sites for hydroxylation is 1. The molecule has 0 saturated heterocycles. The van der Waals surface area contributed by atoms with Crippen LogP contribution < -0.4 is 31.2 Å². The SMILES string of the molecule is COc1cc(/C=C\c2cc[n+](CCC(=O)O)cc2)cc(OC)c1OC.[Cl-]. The molecule has 7 heteroatoms. The van der Waals surface area contributed by atoms with Crippen LogP contribution in [0.1, 0.15) is 17.5 Å². The van der Waals surface area contributed by atoms with Crippen LogP contribution in [0.5, 0.6) is 17.2 Å². The fourth-order valence-corrected chi connectivity index (χ4v) is 2.34. The summed E-state index contributed by atoms with van der Waals surface area (Å²) >= 11 is 0. The number of aromatic nitrogens is 1. The second kappa shape index (κ2) is 10.3. The Morgan fingerprint density at radius 3 is 2.00 bits per heavy atom. The van der Waals surface area contributed by atoms with Gasteiger partial charge in [0.05, 0.1) is 21.3 Å². The van der Waals surface area contributed by atoms with E-state index in [9.17, 15) is 4.79 Å². The fraction of sp³-hybridized carbons (Fsp3) is 0.263. The monoisotopic (exact) mass is 379 g/mol. The summed E-state index contributed by atoms with van der Waals surface area (Å²) in [6.45, 7) is 0.451. The molecule has 0 saturated carbocycles. The number of halogens is 1. The average molecular weight is 380 g/mol. The van der Waals surface area contributed by atoms with E-state index in [0.717, 1.165) is 11.1 Å². The fourth-order valence-electron chi connectivity index (χ4n) is 2.34. The Morgan fingerprint density at radius 1 is 1.00 bits per heavy atom. The number of methoxy groups -OCH3 is 3. The molecule has 0 atom stereocenters. The standard InChI is InChI=1S/C19H21NO5.ClH/c1-23-16-12-15(13-17(24-2)19(16)25-3)5-4-14-6-9-20(10-7-14)11-8-18(21)22;/h4-7,9-10,12-13H,8,11H2,1-3H3;1H/b5-4-;. The van der Waals surface area contributed by atoms with Crippen LogP contribution in [0.2, 0.25) is 0 Å². The van der Waals surface area contributed by atoms with Crippen LogP contribution in [0.4, 0.5) is 0 Å². The minimum Gasteiger partial charge on any atom is -1.00 e. The van der Waals surface area contributed by atoms with Crippen LogP contribution >= 0.6 is 0 Å². The van der Waals surface area contributed by atoms with Crippen LogP contribution in [0.3, 0.4) is 0 Å². The minimum absolute atomic E-state index is 0. The summed E-state index contributed by atoms with van der Waals surface area (Å²) in [7, 11) is 4.73. The number of ether oxygens (including phenoxy) is 3. The molecular weight excluding hydrogens is 358 g/mol. The highest BCUT2D eigenvalue weighted by molar-refractivity contribution is 5.72. The van der Waals surface area contributed by atoms with Gasteiger partial charge in [-0.15, -0.1) is 0 Å². The van der Waals surface area contributed by atoms with Crippen LogP contribution in [-0.4, -0.2) is 32.4 Å². The topological polar surface area (TPSA) is 68.9 Å². The van der Waals surface area contributed by atoms with E-state index in [2.05, 4.69) is 0 Å². The third kappa shape index (κ3) is 5.67. The highest BCUT2D eigenvalue weighted by Gasteiger charge is 2.12. The molecular formula is C19H22ClNO5. The van der Waals surface area contributed by atoms with E-state index in [0.29, 0.717) is 23.8 Å². The highest BCUT2D eigenvalue weighted by atomic mass is 35.5. The van der Waals surface area contributed by atoms with Gasteiger partial charge in [-0.2, -0.15) is 0 Å². The summed E-state index contributed by atoms with van der Waals surface area (Å²) in [5.41, 5.74) is 1.91. The summed E-state index contributed by atoms with van der Waals surface area (Å²) < 4.78 is 17.8. The number of benzene rings is 1. The van der Waals surface area contributed by atoms with E-state index < -0.39 is 5.97 Å². The van der Waals surface area contributed by atoms with Crippen molar-refractivity contribution in [3.8, 4) is 17.2 Å². The lowest BCUT2D eigenvalue weighted by atomic mass is 10.1. The maximum atomic E-state index is 10.6. The van der Waals surface area contributed by atoms with Crippen molar-refractivity contribution >= 4 is 18.1 Å². The maximum absolute atomic E-state index is 10.6. The molecule has 1 N–H and O–H groups in total. The molecule has 0 bridgehead atoms. The van der Waals surface area contributed by atoms with Crippen molar-refractivity contribution in [2.24, 2.45) is 0 Å². The second-order valence-electron chi connectivity index (χ2n) is 5.31. The predicted molar refractivity (Wildman–Crippen MR) is 93.9 cm³/mol. The highest BCUT2D eigenvalue weighted by Crippen LogP contribution is 2.38. The van der Waals surface area contributed by atoms with Crippen LogP contribution in [0.25, 0.3) is 12.2 Å². The van der Waals surface area contributed by atoms with Crippen molar-refractivity contribution in [3.63, 3.8) is 0 Å². The van der Waals surface area contributed by atoms with Gasteiger partial charge in [0.15, 0.2) is 30.4 Å². The molecule has 0 radical (unpaired) electrons. The summed E-state index contributed by atoms with van der Waals surface area (Å²) in [6.07, 6.45) is 7.73. The van der Waals surface area contributed by atoms with E-state index in [4.69, 9.17) is 19.3 Å². The zero-order valence-corrected chi connectivity index (χ0v) is 15.7.